The zero-order valence-electron chi connectivity index (χ0n) is 10.0. The van der Waals surface area contributed by atoms with Gasteiger partial charge in [-0.25, -0.2) is 13.2 Å². The number of nitrogens with zero attached hydrogens (tertiary/aromatic N) is 1. The summed E-state index contributed by atoms with van der Waals surface area (Å²) in [6, 6.07) is 3.95. The van der Waals surface area contributed by atoms with Crippen molar-refractivity contribution >= 4 is 43.4 Å². The third-order valence-corrected chi connectivity index (χ3v) is 4.30. The second-order valence-electron chi connectivity index (χ2n) is 4.14. The number of sulfone groups is 1. The number of hydrogen-bond donors (Lipinski definition) is 1. The maximum absolute atomic E-state index is 11.8. The van der Waals surface area contributed by atoms with Gasteiger partial charge in [0.2, 0.25) is 5.91 Å². The van der Waals surface area contributed by atoms with Crippen molar-refractivity contribution in [3.63, 3.8) is 0 Å². The van der Waals surface area contributed by atoms with Crippen molar-refractivity contribution in [1.82, 2.24) is 5.32 Å². The molecule has 19 heavy (non-hydrogen) atoms. The first-order chi connectivity index (χ1) is 8.79. The number of hydrogen-bond acceptors (Lipinski definition) is 4. The molecule has 1 aliphatic heterocycles. The highest BCUT2D eigenvalue weighted by Crippen LogP contribution is 2.29. The van der Waals surface area contributed by atoms with Crippen LogP contribution in [0.25, 0.3) is 0 Å². The topological polar surface area (TPSA) is 83.6 Å². The van der Waals surface area contributed by atoms with Crippen molar-refractivity contribution in [1.29, 1.82) is 0 Å². The van der Waals surface area contributed by atoms with E-state index >= 15 is 0 Å². The second kappa shape index (κ2) is 4.93. The van der Waals surface area contributed by atoms with Crippen LogP contribution in [0.1, 0.15) is 6.42 Å². The third-order valence-electron chi connectivity index (χ3n) is 2.67. The normalized spacial score (nSPS) is 16.4. The maximum atomic E-state index is 11.8. The van der Waals surface area contributed by atoms with E-state index in [2.05, 4.69) is 21.2 Å². The van der Waals surface area contributed by atoms with E-state index < -0.39 is 15.9 Å². The first-order valence-corrected chi connectivity index (χ1v) is 8.08. The van der Waals surface area contributed by atoms with Gasteiger partial charge in [0.1, 0.15) is 0 Å². The zero-order chi connectivity index (χ0) is 14.2. The average Bonchev–Trinajstić information content (AvgIpc) is 2.27. The summed E-state index contributed by atoms with van der Waals surface area (Å²) in [5.41, 5.74) is 0.266. The van der Waals surface area contributed by atoms with Crippen molar-refractivity contribution in [2.45, 2.75) is 11.3 Å². The van der Waals surface area contributed by atoms with Gasteiger partial charge in [-0.2, -0.15) is 0 Å². The Morgan fingerprint density at radius 3 is 2.58 bits per heavy atom. The lowest BCUT2D eigenvalue weighted by atomic mass is 10.2. The maximum Gasteiger partial charge on any atom is 0.328 e. The molecule has 8 heteroatoms. The van der Waals surface area contributed by atoms with Crippen LogP contribution in [0.5, 0.6) is 0 Å². The van der Waals surface area contributed by atoms with Crippen molar-refractivity contribution in [2.75, 3.05) is 17.7 Å². The number of nitrogens with one attached hydrogen (secondary N) is 1. The van der Waals surface area contributed by atoms with Crippen molar-refractivity contribution in [2.24, 2.45) is 0 Å². The molecule has 102 valence electrons. The highest BCUT2D eigenvalue weighted by molar-refractivity contribution is 9.10. The fourth-order valence-corrected chi connectivity index (χ4v) is 3.02. The highest BCUT2D eigenvalue weighted by Gasteiger charge is 2.28. The number of imide groups is 1. The van der Waals surface area contributed by atoms with E-state index in [9.17, 15) is 18.0 Å². The Morgan fingerprint density at radius 1 is 1.32 bits per heavy atom. The lowest BCUT2D eigenvalue weighted by Gasteiger charge is -2.28. The average molecular weight is 347 g/mol. The molecule has 1 saturated heterocycles. The fourth-order valence-electron chi connectivity index (χ4n) is 1.81. The molecule has 1 aromatic carbocycles. The van der Waals surface area contributed by atoms with Gasteiger partial charge in [0.25, 0.3) is 0 Å². The van der Waals surface area contributed by atoms with Crippen LogP contribution in [-0.4, -0.2) is 33.2 Å². The summed E-state index contributed by atoms with van der Waals surface area (Å²) in [7, 11) is -3.46. The van der Waals surface area contributed by atoms with E-state index in [1.165, 1.54) is 11.0 Å². The van der Waals surface area contributed by atoms with Gasteiger partial charge in [-0.3, -0.25) is 15.0 Å². The zero-order valence-corrected chi connectivity index (χ0v) is 12.4. The first-order valence-electron chi connectivity index (χ1n) is 5.40. The Balaban J connectivity index is 2.52. The van der Waals surface area contributed by atoms with Crippen LogP contribution >= 0.6 is 15.9 Å². The Bertz CT molecular complexity index is 657. The van der Waals surface area contributed by atoms with Crippen molar-refractivity contribution in [3.05, 3.63) is 22.7 Å². The molecule has 0 saturated carbocycles. The molecule has 3 amide bonds. The molecule has 0 aromatic heterocycles. The van der Waals surface area contributed by atoms with Crippen LogP contribution in [0.15, 0.2) is 27.6 Å². The molecule has 0 atom stereocenters. The lowest BCUT2D eigenvalue weighted by molar-refractivity contribution is -0.120. The summed E-state index contributed by atoms with van der Waals surface area (Å²) < 4.78 is 24.1. The highest BCUT2D eigenvalue weighted by atomic mass is 79.9. The predicted octanol–water partition coefficient (Wildman–Crippen LogP) is 1.30. The van der Waals surface area contributed by atoms with Crippen LogP contribution in [0.3, 0.4) is 0 Å². The van der Waals surface area contributed by atoms with Gasteiger partial charge in [0, 0.05) is 23.7 Å². The van der Waals surface area contributed by atoms with Crippen LogP contribution in [-0.2, 0) is 14.6 Å². The SMILES string of the molecule is CS(=O)(=O)c1ccc(Br)cc1N1CCC(=O)NC1=O. The molecule has 1 aliphatic rings. The summed E-state index contributed by atoms with van der Waals surface area (Å²) in [6.45, 7) is 0.156. The number of carbonyl (C=O) groups is 2. The summed E-state index contributed by atoms with van der Waals surface area (Å²) >= 11 is 3.24. The molecule has 0 spiro atoms. The Morgan fingerprint density at radius 2 is 2.00 bits per heavy atom. The molecule has 0 radical (unpaired) electrons. The van der Waals surface area contributed by atoms with Gasteiger partial charge in [-0.05, 0) is 18.2 Å². The van der Waals surface area contributed by atoms with E-state index in [1.54, 1.807) is 12.1 Å². The monoisotopic (exact) mass is 346 g/mol. The minimum absolute atomic E-state index is 0.0557. The van der Waals surface area contributed by atoms with E-state index in [0.717, 1.165) is 6.26 Å². The largest absolute Gasteiger partial charge is 0.328 e. The summed E-state index contributed by atoms with van der Waals surface area (Å²) in [4.78, 5) is 24.2. The molecule has 2 rings (SSSR count). The van der Waals surface area contributed by atoms with Crippen LogP contribution in [0.4, 0.5) is 10.5 Å². The van der Waals surface area contributed by atoms with Gasteiger partial charge in [-0.1, -0.05) is 15.9 Å². The van der Waals surface area contributed by atoms with Gasteiger partial charge in [-0.15, -0.1) is 0 Å². The van der Waals surface area contributed by atoms with E-state index in [0.29, 0.717) is 4.47 Å². The minimum atomic E-state index is -3.46. The number of amides is 3. The molecule has 6 nitrogen and oxygen atoms in total. The van der Waals surface area contributed by atoms with Crippen LogP contribution < -0.4 is 10.2 Å². The van der Waals surface area contributed by atoms with Crippen LogP contribution in [0.2, 0.25) is 0 Å². The number of benzene rings is 1. The fraction of sp³-hybridized carbons (Fsp3) is 0.273. The van der Waals surface area contributed by atoms with Crippen molar-refractivity contribution < 1.29 is 18.0 Å². The van der Waals surface area contributed by atoms with E-state index in [-0.39, 0.29) is 29.5 Å². The Hall–Kier alpha value is -1.41. The van der Waals surface area contributed by atoms with Crippen molar-refractivity contribution in [3.8, 4) is 0 Å². The molecular weight excluding hydrogens is 336 g/mol. The van der Waals surface area contributed by atoms with Gasteiger partial charge < -0.3 is 0 Å². The molecular formula is C11H11BrN2O4S. The van der Waals surface area contributed by atoms with Gasteiger partial charge in [0.15, 0.2) is 9.84 Å². The predicted molar refractivity (Wildman–Crippen MR) is 72.8 cm³/mol. The second-order valence-corrected chi connectivity index (χ2v) is 7.04. The lowest BCUT2D eigenvalue weighted by Crippen LogP contribution is -2.50. The molecule has 1 N–H and O–H groups in total. The summed E-state index contributed by atoms with van der Waals surface area (Å²) in [5.74, 6) is -0.364. The Labute approximate surface area is 118 Å². The molecule has 1 fully saturated rings. The first kappa shape index (κ1) is 14.0. The van der Waals surface area contributed by atoms with Crippen LogP contribution in [0, 0.1) is 0 Å². The number of rotatable bonds is 2. The number of urea groups is 1. The molecule has 0 aliphatic carbocycles. The summed E-state index contributed by atoms with van der Waals surface area (Å²) in [6.07, 6.45) is 1.22. The molecule has 1 heterocycles. The number of carbonyl (C=O) groups excluding carboxylic acids is 2. The molecule has 1 aromatic rings. The standard InChI is InChI=1S/C11H11BrN2O4S/c1-19(17,18)9-3-2-7(12)6-8(9)14-5-4-10(15)13-11(14)16/h2-3,6H,4-5H2,1H3,(H,13,15,16). The van der Waals surface area contributed by atoms with Gasteiger partial charge in [0.05, 0.1) is 10.6 Å². The third kappa shape index (κ3) is 2.95. The minimum Gasteiger partial charge on any atom is -0.292 e. The Kier molecular flexibility index (Phi) is 3.64. The summed E-state index contributed by atoms with van der Waals surface area (Å²) in [5, 5.41) is 2.16. The smallest absolute Gasteiger partial charge is 0.292 e. The number of anilines is 1. The van der Waals surface area contributed by atoms with E-state index in [1.807, 2.05) is 0 Å². The van der Waals surface area contributed by atoms with Gasteiger partial charge >= 0.3 is 6.03 Å². The molecule has 0 bridgehead atoms. The number of halogens is 1. The molecule has 0 unspecified atom stereocenters. The van der Waals surface area contributed by atoms with E-state index in [4.69, 9.17) is 0 Å². The quantitative estimate of drug-likeness (QED) is 0.874.